The number of carbonyl (C=O) groups excluding carboxylic acids is 1. The number of aryl methyl sites for hydroxylation is 1. The van der Waals surface area contributed by atoms with Crippen LogP contribution in [0.25, 0.3) is 21.8 Å². The number of hydrogen-bond acceptors (Lipinski definition) is 6. The van der Waals surface area contributed by atoms with Gasteiger partial charge in [-0.3, -0.25) is 14.4 Å². The third-order valence-corrected chi connectivity index (χ3v) is 5.40. The Hall–Kier alpha value is -4.40. The minimum Gasteiger partial charge on any atom is -0.506 e. The van der Waals surface area contributed by atoms with Crippen LogP contribution in [-0.4, -0.2) is 31.4 Å². The summed E-state index contributed by atoms with van der Waals surface area (Å²) < 4.78 is 1.43. The second-order valence-corrected chi connectivity index (χ2v) is 7.56. The molecule has 0 radical (unpaired) electrons. The van der Waals surface area contributed by atoms with Crippen molar-refractivity contribution in [1.29, 1.82) is 0 Å². The van der Waals surface area contributed by atoms with Gasteiger partial charge in [0.2, 0.25) is 0 Å². The number of aromatic amines is 1. The molecule has 2 heterocycles. The molecule has 0 atom stereocenters. The number of hydrazone groups is 1. The van der Waals surface area contributed by atoms with Crippen molar-refractivity contribution < 1.29 is 15.0 Å². The molecular formula is C24H22N4O5. The van der Waals surface area contributed by atoms with E-state index in [1.165, 1.54) is 11.5 Å². The predicted molar refractivity (Wildman–Crippen MR) is 126 cm³/mol. The lowest BCUT2D eigenvalue weighted by Crippen LogP contribution is -2.32. The summed E-state index contributed by atoms with van der Waals surface area (Å²) in [4.78, 5) is 41.0. The van der Waals surface area contributed by atoms with Crippen LogP contribution in [0.5, 0.6) is 11.5 Å². The van der Waals surface area contributed by atoms with E-state index in [4.69, 9.17) is 0 Å². The molecule has 0 aliphatic heterocycles. The highest BCUT2D eigenvalue weighted by molar-refractivity contribution is 6.07. The molecule has 0 fully saturated rings. The van der Waals surface area contributed by atoms with Gasteiger partial charge in [-0.05, 0) is 37.6 Å². The standard InChI is InChI=1S/C24H22N4O5/c1-3-12-28-17-11-7-5-9-15(17)21(30)19(24(28)33)23(32)27-26-13(2)18-20(29)14-8-4-6-10-16(14)25-22(18)31/h4-11,30H,3,12H2,1-2H3,(H,27,32)(H2,25,29,31)/b26-13-. The first-order valence-corrected chi connectivity index (χ1v) is 10.4. The van der Waals surface area contributed by atoms with Crippen molar-refractivity contribution in [1.82, 2.24) is 15.0 Å². The van der Waals surface area contributed by atoms with Crippen LogP contribution in [-0.2, 0) is 6.54 Å². The molecular weight excluding hydrogens is 424 g/mol. The first-order chi connectivity index (χ1) is 15.8. The van der Waals surface area contributed by atoms with Gasteiger partial charge >= 0.3 is 0 Å². The summed E-state index contributed by atoms with van der Waals surface area (Å²) in [6.45, 7) is 3.70. The van der Waals surface area contributed by atoms with Crippen molar-refractivity contribution in [3.63, 3.8) is 0 Å². The molecule has 9 nitrogen and oxygen atoms in total. The lowest BCUT2D eigenvalue weighted by molar-refractivity contribution is 0.0950. The summed E-state index contributed by atoms with van der Waals surface area (Å²) in [5.41, 5.74) is 1.44. The van der Waals surface area contributed by atoms with Crippen molar-refractivity contribution in [2.45, 2.75) is 26.8 Å². The number of para-hydroxylation sites is 2. The Morgan fingerprint density at radius 3 is 2.36 bits per heavy atom. The molecule has 0 bridgehead atoms. The van der Waals surface area contributed by atoms with Gasteiger partial charge in [0.25, 0.3) is 17.0 Å². The second-order valence-electron chi connectivity index (χ2n) is 7.56. The Balaban J connectivity index is 1.76. The summed E-state index contributed by atoms with van der Waals surface area (Å²) in [5, 5.41) is 25.9. The molecule has 2 aromatic heterocycles. The lowest BCUT2D eigenvalue weighted by atomic mass is 10.1. The molecule has 0 unspecified atom stereocenters. The van der Waals surface area contributed by atoms with Crippen LogP contribution in [0, 0.1) is 0 Å². The monoisotopic (exact) mass is 446 g/mol. The average Bonchev–Trinajstić information content (AvgIpc) is 2.80. The van der Waals surface area contributed by atoms with Crippen LogP contribution in [0.15, 0.2) is 63.2 Å². The Bertz CT molecular complexity index is 1550. The van der Waals surface area contributed by atoms with Crippen LogP contribution < -0.4 is 16.5 Å². The molecule has 0 saturated heterocycles. The number of nitrogens with zero attached hydrogens (tertiary/aromatic N) is 2. The highest BCUT2D eigenvalue weighted by Gasteiger charge is 2.22. The molecule has 0 saturated carbocycles. The lowest BCUT2D eigenvalue weighted by Gasteiger charge is -2.13. The average molecular weight is 446 g/mol. The van der Waals surface area contributed by atoms with E-state index in [0.29, 0.717) is 34.8 Å². The minimum absolute atomic E-state index is 0.0296. The highest BCUT2D eigenvalue weighted by Crippen LogP contribution is 2.27. The van der Waals surface area contributed by atoms with Crippen molar-refractivity contribution >= 4 is 33.4 Å². The van der Waals surface area contributed by atoms with Gasteiger partial charge < -0.3 is 19.8 Å². The largest absolute Gasteiger partial charge is 0.506 e. The summed E-state index contributed by atoms with van der Waals surface area (Å²) in [6, 6.07) is 13.5. The van der Waals surface area contributed by atoms with Gasteiger partial charge in [-0.1, -0.05) is 31.2 Å². The zero-order chi connectivity index (χ0) is 23.7. The molecule has 0 aliphatic carbocycles. The van der Waals surface area contributed by atoms with Gasteiger partial charge in [-0.25, -0.2) is 5.43 Å². The maximum absolute atomic E-state index is 13.0. The molecule has 1 amide bonds. The summed E-state index contributed by atoms with van der Waals surface area (Å²) >= 11 is 0. The maximum Gasteiger partial charge on any atom is 0.280 e. The molecule has 33 heavy (non-hydrogen) atoms. The van der Waals surface area contributed by atoms with Gasteiger partial charge in [0.1, 0.15) is 22.6 Å². The van der Waals surface area contributed by atoms with Crippen molar-refractivity contribution in [2.24, 2.45) is 5.10 Å². The Labute approximate surface area is 187 Å². The highest BCUT2D eigenvalue weighted by atomic mass is 16.3. The second kappa shape index (κ2) is 8.62. The van der Waals surface area contributed by atoms with E-state index in [-0.39, 0.29) is 17.0 Å². The van der Waals surface area contributed by atoms with E-state index < -0.39 is 28.3 Å². The zero-order valence-corrected chi connectivity index (χ0v) is 18.0. The molecule has 4 aromatic rings. The number of aromatic nitrogens is 2. The third-order valence-electron chi connectivity index (χ3n) is 5.40. The number of fused-ring (bicyclic) bond motifs is 2. The third kappa shape index (κ3) is 3.73. The first kappa shape index (κ1) is 21.8. The first-order valence-electron chi connectivity index (χ1n) is 10.4. The Morgan fingerprint density at radius 2 is 1.64 bits per heavy atom. The van der Waals surface area contributed by atoms with E-state index in [0.717, 1.165) is 0 Å². The van der Waals surface area contributed by atoms with E-state index >= 15 is 0 Å². The van der Waals surface area contributed by atoms with Crippen molar-refractivity contribution in [3.8, 4) is 11.5 Å². The number of H-pyrrole nitrogens is 1. The maximum atomic E-state index is 13.0. The number of aromatic hydroxyl groups is 2. The smallest absolute Gasteiger partial charge is 0.280 e. The quantitative estimate of drug-likeness (QED) is 0.276. The number of benzene rings is 2. The van der Waals surface area contributed by atoms with E-state index in [1.54, 1.807) is 48.5 Å². The number of nitrogens with one attached hydrogen (secondary N) is 2. The van der Waals surface area contributed by atoms with E-state index in [1.807, 2.05) is 6.92 Å². The van der Waals surface area contributed by atoms with Crippen molar-refractivity contribution in [3.05, 3.63) is 80.4 Å². The fourth-order valence-corrected chi connectivity index (χ4v) is 3.85. The number of hydrogen-bond donors (Lipinski definition) is 4. The number of rotatable bonds is 5. The molecule has 4 N–H and O–H groups in total. The van der Waals surface area contributed by atoms with Gasteiger partial charge in [0, 0.05) is 17.3 Å². The summed E-state index contributed by atoms with van der Waals surface area (Å²) in [6.07, 6.45) is 0.650. The Morgan fingerprint density at radius 1 is 1.00 bits per heavy atom. The van der Waals surface area contributed by atoms with Gasteiger partial charge in [0.05, 0.1) is 16.7 Å². The predicted octanol–water partition coefficient (Wildman–Crippen LogP) is 2.82. The van der Waals surface area contributed by atoms with E-state index in [2.05, 4.69) is 15.5 Å². The normalized spacial score (nSPS) is 11.8. The van der Waals surface area contributed by atoms with Crippen LogP contribution in [0.1, 0.15) is 36.2 Å². The Kier molecular flexibility index (Phi) is 5.70. The van der Waals surface area contributed by atoms with Crippen molar-refractivity contribution in [2.75, 3.05) is 0 Å². The van der Waals surface area contributed by atoms with Gasteiger partial charge in [0.15, 0.2) is 0 Å². The van der Waals surface area contributed by atoms with Crippen LogP contribution in [0.2, 0.25) is 0 Å². The molecule has 9 heteroatoms. The SMILES string of the molecule is CCCn1c(=O)c(C(=O)N/N=C(/C)c2c(O)c3ccccc3[nH]c2=O)c(O)c2ccccc21. The summed E-state index contributed by atoms with van der Waals surface area (Å²) in [7, 11) is 0. The topological polar surface area (TPSA) is 137 Å². The fourth-order valence-electron chi connectivity index (χ4n) is 3.85. The zero-order valence-electron chi connectivity index (χ0n) is 18.0. The van der Waals surface area contributed by atoms with Gasteiger partial charge in [-0.15, -0.1) is 0 Å². The molecule has 0 spiro atoms. The molecule has 4 rings (SSSR count). The minimum atomic E-state index is -0.927. The van der Waals surface area contributed by atoms with Crippen LogP contribution in [0.3, 0.4) is 0 Å². The van der Waals surface area contributed by atoms with Crippen LogP contribution in [0.4, 0.5) is 0 Å². The molecule has 0 aliphatic rings. The number of amides is 1. The van der Waals surface area contributed by atoms with E-state index in [9.17, 15) is 24.6 Å². The van der Waals surface area contributed by atoms with Crippen LogP contribution >= 0.6 is 0 Å². The molecule has 2 aromatic carbocycles. The van der Waals surface area contributed by atoms with Gasteiger partial charge in [-0.2, -0.15) is 5.10 Å². The number of pyridine rings is 2. The summed E-state index contributed by atoms with van der Waals surface area (Å²) in [5.74, 6) is -1.65. The molecule has 168 valence electrons. The number of carbonyl (C=O) groups is 1. The fraction of sp³-hybridized carbons (Fsp3) is 0.167.